The number of methoxy groups -OCH3 is 1. The molecule has 2 rings (SSSR count). The van der Waals surface area contributed by atoms with E-state index in [1.54, 1.807) is 12.3 Å². The van der Waals surface area contributed by atoms with Gasteiger partial charge in [0, 0.05) is 25.0 Å². The van der Waals surface area contributed by atoms with Crippen LogP contribution in [0.5, 0.6) is 5.75 Å². The van der Waals surface area contributed by atoms with Crippen LogP contribution in [0.4, 0.5) is 4.39 Å². The molecule has 1 aromatic carbocycles. The van der Waals surface area contributed by atoms with Crippen LogP contribution >= 0.6 is 0 Å². The molecule has 106 valence electrons. The van der Waals surface area contributed by atoms with Crippen LogP contribution in [0.25, 0.3) is 0 Å². The number of aryl methyl sites for hydroxylation is 1. The fraction of sp³-hybridized carbons (Fsp3) is 0.286. The number of halogens is 1. The molecule has 0 aliphatic carbocycles. The van der Waals surface area contributed by atoms with Crippen molar-refractivity contribution >= 4 is 0 Å². The smallest absolute Gasteiger partial charge is 0.347 e. The van der Waals surface area contributed by atoms with Crippen LogP contribution in [0, 0.1) is 12.7 Å². The van der Waals surface area contributed by atoms with Crippen LogP contribution in [0.2, 0.25) is 0 Å². The maximum Gasteiger partial charge on any atom is 0.347 e. The first-order valence-electron chi connectivity index (χ1n) is 6.13. The average Bonchev–Trinajstić information content (AvgIpc) is 2.42. The number of aromatic nitrogens is 2. The number of hydrogen-bond acceptors (Lipinski definition) is 4. The third-order valence-electron chi connectivity index (χ3n) is 2.98. The largest absolute Gasteiger partial charge is 0.494 e. The second kappa shape index (κ2) is 5.83. The minimum absolute atomic E-state index is 0.162. The van der Waals surface area contributed by atoms with Crippen LogP contribution < -0.4 is 16.2 Å². The number of nitrogens with zero attached hydrogens (tertiary/aromatic N) is 2. The van der Waals surface area contributed by atoms with Crippen LogP contribution in [0.1, 0.15) is 17.2 Å². The summed E-state index contributed by atoms with van der Waals surface area (Å²) in [4.78, 5) is 15.3. The van der Waals surface area contributed by atoms with Gasteiger partial charge < -0.3 is 10.5 Å². The Balaban J connectivity index is 2.23. The van der Waals surface area contributed by atoms with Crippen molar-refractivity contribution in [3.05, 3.63) is 58.0 Å². The average molecular weight is 277 g/mol. The van der Waals surface area contributed by atoms with Crippen LogP contribution in [0.15, 0.2) is 35.4 Å². The molecule has 0 saturated heterocycles. The van der Waals surface area contributed by atoms with Crippen LogP contribution in [-0.4, -0.2) is 16.7 Å². The minimum atomic E-state index is -0.503. The lowest BCUT2D eigenvalue weighted by Gasteiger charge is -2.14. The molecule has 0 saturated carbocycles. The van der Waals surface area contributed by atoms with Crippen molar-refractivity contribution in [1.82, 2.24) is 9.55 Å². The number of nitrogens with two attached hydrogens (primary N) is 1. The number of hydrogen-bond donors (Lipinski definition) is 1. The van der Waals surface area contributed by atoms with E-state index in [4.69, 9.17) is 10.5 Å². The monoisotopic (exact) mass is 277 g/mol. The zero-order chi connectivity index (χ0) is 14.7. The van der Waals surface area contributed by atoms with E-state index in [0.29, 0.717) is 5.56 Å². The van der Waals surface area contributed by atoms with Gasteiger partial charge in [-0.15, -0.1) is 0 Å². The van der Waals surface area contributed by atoms with Gasteiger partial charge in [0.2, 0.25) is 0 Å². The van der Waals surface area contributed by atoms with Gasteiger partial charge in [0.15, 0.2) is 11.6 Å². The lowest BCUT2D eigenvalue weighted by atomic mass is 10.1. The molecule has 2 aromatic rings. The summed E-state index contributed by atoms with van der Waals surface area (Å²) >= 11 is 0. The second-order valence-corrected chi connectivity index (χ2v) is 4.57. The summed E-state index contributed by atoms with van der Waals surface area (Å²) < 4.78 is 19.9. The van der Waals surface area contributed by atoms with Gasteiger partial charge in [0.05, 0.1) is 7.11 Å². The lowest BCUT2D eigenvalue weighted by Crippen LogP contribution is -2.28. The maximum atomic E-state index is 13.6. The van der Waals surface area contributed by atoms with E-state index in [9.17, 15) is 9.18 Å². The summed E-state index contributed by atoms with van der Waals surface area (Å²) in [5.41, 5.74) is 7.09. The van der Waals surface area contributed by atoms with Gasteiger partial charge in [-0.2, -0.15) is 0 Å². The van der Waals surface area contributed by atoms with Gasteiger partial charge in [0.25, 0.3) is 0 Å². The maximum absolute atomic E-state index is 13.6. The zero-order valence-electron chi connectivity index (χ0n) is 11.3. The molecule has 0 fully saturated rings. The SMILES string of the molecule is COc1ccc(C(N)Cn2cc(C)cnc2=O)cc1F. The molecule has 0 amide bonds. The zero-order valence-corrected chi connectivity index (χ0v) is 11.3. The Hall–Kier alpha value is -2.21. The van der Waals surface area contributed by atoms with E-state index in [2.05, 4.69) is 4.98 Å². The second-order valence-electron chi connectivity index (χ2n) is 4.57. The number of ether oxygens (including phenoxy) is 1. The van der Waals surface area contributed by atoms with E-state index >= 15 is 0 Å². The summed E-state index contributed by atoms with van der Waals surface area (Å²) in [5.74, 6) is -0.314. The van der Waals surface area contributed by atoms with Gasteiger partial charge in [-0.1, -0.05) is 6.07 Å². The lowest BCUT2D eigenvalue weighted by molar-refractivity contribution is 0.385. The summed E-state index contributed by atoms with van der Waals surface area (Å²) in [6.45, 7) is 2.07. The summed E-state index contributed by atoms with van der Waals surface area (Å²) in [5, 5.41) is 0. The van der Waals surface area contributed by atoms with Crippen molar-refractivity contribution in [3.8, 4) is 5.75 Å². The van der Waals surface area contributed by atoms with Gasteiger partial charge in [-0.05, 0) is 30.2 Å². The van der Waals surface area contributed by atoms with Gasteiger partial charge >= 0.3 is 5.69 Å². The molecule has 6 heteroatoms. The molecule has 1 atom stereocenters. The van der Waals surface area contributed by atoms with Crippen molar-refractivity contribution in [1.29, 1.82) is 0 Å². The molecule has 5 nitrogen and oxygen atoms in total. The molecule has 1 aromatic heterocycles. The molecule has 0 aliphatic heterocycles. The van der Waals surface area contributed by atoms with Crippen LogP contribution in [-0.2, 0) is 6.54 Å². The Morgan fingerprint density at radius 3 is 2.90 bits per heavy atom. The Morgan fingerprint density at radius 1 is 1.50 bits per heavy atom. The normalized spacial score (nSPS) is 12.2. The fourth-order valence-electron chi connectivity index (χ4n) is 1.93. The van der Waals surface area contributed by atoms with Crippen molar-refractivity contribution in [2.75, 3.05) is 7.11 Å². The first-order chi connectivity index (χ1) is 9.51. The summed E-state index contributed by atoms with van der Waals surface area (Å²) in [7, 11) is 1.40. The predicted octanol–water partition coefficient (Wildman–Crippen LogP) is 1.40. The molecule has 1 unspecified atom stereocenters. The highest BCUT2D eigenvalue weighted by Crippen LogP contribution is 2.21. The molecular formula is C14H16FN3O2. The quantitative estimate of drug-likeness (QED) is 0.917. The topological polar surface area (TPSA) is 70.1 Å². The van der Waals surface area contributed by atoms with E-state index < -0.39 is 11.9 Å². The molecule has 0 bridgehead atoms. The Bertz CT molecular complexity index is 670. The molecule has 0 radical (unpaired) electrons. The predicted molar refractivity (Wildman–Crippen MR) is 73.1 cm³/mol. The van der Waals surface area contributed by atoms with E-state index in [1.807, 2.05) is 6.92 Å². The molecular weight excluding hydrogens is 261 g/mol. The standard InChI is InChI=1S/C14H16FN3O2/c1-9-6-17-14(19)18(7-9)8-12(16)10-3-4-13(20-2)11(15)5-10/h3-7,12H,8,16H2,1-2H3. The summed E-state index contributed by atoms with van der Waals surface area (Å²) in [6, 6.07) is 4.01. The first kappa shape index (κ1) is 14.2. The van der Waals surface area contributed by atoms with Crippen molar-refractivity contribution < 1.29 is 9.13 Å². The van der Waals surface area contributed by atoms with E-state index in [1.165, 1.54) is 30.0 Å². The molecule has 1 heterocycles. The summed E-state index contributed by atoms with van der Waals surface area (Å²) in [6.07, 6.45) is 3.17. The molecule has 20 heavy (non-hydrogen) atoms. The van der Waals surface area contributed by atoms with Crippen molar-refractivity contribution in [3.63, 3.8) is 0 Å². The molecule has 2 N–H and O–H groups in total. The van der Waals surface area contributed by atoms with E-state index in [-0.39, 0.29) is 18.0 Å². The first-order valence-corrected chi connectivity index (χ1v) is 6.13. The fourth-order valence-corrected chi connectivity index (χ4v) is 1.93. The third-order valence-corrected chi connectivity index (χ3v) is 2.98. The Labute approximate surface area is 115 Å². The van der Waals surface area contributed by atoms with Crippen LogP contribution in [0.3, 0.4) is 0 Å². The van der Waals surface area contributed by atoms with Crippen molar-refractivity contribution in [2.45, 2.75) is 19.5 Å². The minimum Gasteiger partial charge on any atom is -0.494 e. The highest BCUT2D eigenvalue weighted by atomic mass is 19.1. The Kier molecular flexibility index (Phi) is 4.14. The molecule has 0 aliphatic rings. The van der Waals surface area contributed by atoms with Gasteiger partial charge in [0.1, 0.15) is 0 Å². The molecule has 0 spiro atoms. The van der Waals surface area contributed by atoms with Crippen molar-refractivity contribution in [2.24, 2.45) is 5.73 Å². The van der Waals surface area contributed by atoms with E-state index in [0.717, 1.165) is 5.56 Å². The number of rotatable bonds is 4. The highest BCUT2D eigenvalue weighted by molar-refractivity contribution is 5.30. The van der Waals surface area contributed by atoms with Gasteiger partial charge in [-0.25, -0.2) is 14.2 Å². The highest BCUT2D eigenvalue weighted by Gasteiger charge is 2.11. The van der Waals surface area contributed by atoms with Gasteiger partial charge in [-0.3, -0.25) is 4.57 Å². The Morgan fingerprint density at radius 2 is 2.25 bits per heavy atom. The third kappa shape index (κ3) is 3.03. The number of benzene rings is 1.